The average Bonchev–Trinajstić information content (AvgIpc) is 2.45. The number of pyridine rings is 1. The van der Waals surface area contributed by atoms with Gasteiger partial charge in [-0.05, 0) is 12.1 Å². The summed E-state index contributed by atoms with van der Waals surface area (Å²) in [5, 5.41) is 3.84. The maximum atomic E-state index is 12.5. The quantitative estimate of drug-likeness (QED) is 0.924. The highest BCUT2D eigenvalue weighted by Gasteiger charge is 2.31. The van der Waals surface area contributed by atoms with Gasteiger partial charge in [0.05, 0.1) is 11.2 Å². The number of hydrogen-bond acceptors (Lipinski definition) is 4. The molecule has 0 bridgehead atoms. The Morgan fingerprint density at radius 1 is 1.19 bits per heavy atom. The molecule has 0 unspecified atom stereocenters. The van der Waals surface area contributed by atoms with Gasteiger partial charge in [-0.25, -0.2) is 0 Å². The first-order chi connectivity index (χ1) is 10.0. The fourth-order valence-corrected chi connectivity index (χ4v) is 2.49. The minimum absolute atomic E-state index is 0.212. The number of halogens is 3. The van der Waals surface area contributed by atoms with E-state index in [0.717, 1.165) is 26.2 Å². The molecule has 0 aliphatic carbocycles. The van der Waals surface area contributed by atoms with E-state index in [1.165, 1.54) is 12.1 Å². The van der Waals surface area contributed by atoms with Crippen LogP contribution in [0.15, 0.2) is 30.5 Å². The zero-order valence-electron chi connectivity index (χ0n) is 11.2. The van der Waals surface area contributed by atoms with Crippen molar-refractivity contribution in [3.05, 3.63) is 30.5 Å². The highest BCUT2D eigenvalue weighted by atomic mass is 19.4. The van der Waals surface area contributed by atoms with Crippen molar-refractivity contribution in [1.82, 2.24) is 10.3 Å². The molecule has 0 radical (unpaired) electrons. The standard InChI is InChI=1S/C14H14F3N3O/c15-14(16,17)21-11-8-10-2-1-3-19-13(10)12(9-11)20-6-4-18-5-7-20/h1-3,8-9,18H,4-7H2. The average molecular weight is 297 g/mol. The highest BCUT2D eigenvalue weighted by Crippen LogP contribution is 2.33. The molecule has 0 spiro atoms. The second-order valence-corrected chi connectivity index (χ2v) is 4.80. The zero-order valence-corrected chi connectivity index (χ0v) is 11.2. The normalized spacial score (nSPS) is 16.2. The molecule has 1 aliphatic heterocycles. The summed E-state index contributed by atoms with van der Waals surface area (Å²) in [6.45, 7) is 3.03. The molecule has 1 aromatic heterocycles. The van der Waals surface area contributed by atoms with E-state index in [4.69, 9.17) is 0 Å². The van der Waals surface area contributed by atoms with Crippen LogP contribution in [0.1, 0.15) is 0 Å². The lowest BCUT2D eigenvalue weighted by Gasteiger charge is -2.30. The second-order valence-electron chi connectivity index (χ2n) is 4.80. The van der Waals surface area contributed by atoms with Gasteiger partial charge in [0.25, 0.3) is 0 Å². The molecule has 112 valence electrons. The molecule has 1 aromatic carbocycles. The van der Waals surface area contributed by atoms with Crippen LogP contribution in [0.4, 0.5) is 18.9 Å². The molecule has 21 heavy (non-hydrogen) atoms. The van der Waals surface area contributed by atoms with E-state index in [9.17, 15) is 13.2 Å². The molecule has 1 aliphatic rings. The van der Waals surface area contributed by atoms with Gasteiger partial charge in [0.1, 0.15) is 5.75 Å². The molecule has 7 heteroatoms. The van der Waals surface area contributed by atoms with Gasteiger partial charge in [0.15, 0.2) is 0 Å². The van der Waals surface area contributed by atoms with Crippen LogP contribution in [0, 0.1) is 0 Å². The number of aromatic nitrogens is 1. The summed E-state index contributed by atoms with van der Waals surface area (Å²) in [5.41, 5.74) is 1.36. The minimum Gasteiger partial charge on any atom is -0.406 e. The van der Waals surface area contributed by atoms with Crippen LogP contribution in [0.3, 0.4) is 0 Å². The Bertz CT molecular complexity index is 639. The van der Waals surface area contributed by atoms with E-state index in [1.54, 1.807) is 18.3 Å². The summed E-state index contributed by atoms with van der Waals surface area (Å²) in [4.78, 5) is 6.32. The number of alkyl halides is 3. The number of nitrogens with zero attached hydrogens (tertiary/aromatic N) is 2. The van der Waals surface area contributed by atoms with E-state index in [-0.39, 0.29) is 5.75 Å². The number of ether oxygens (including phenoxy) is 1. The van der Waals surface area contributed by atoms with Crippen LogP contribution in [0.25, 0.3) is 10.9 Å². The van der Waals surface area contributed by atoms with Crippen molar-refractivity contribution in [2.75, 3.05) is 31.1 Å². The van der Waals surface area contributed by atoms with Crippen LogP contribution in [0.2, 0.25) is 0 Å². The molecule has 4 nitrogen and oxygen atoms in total. The first-order valence-corrected chi connectivity index (χ1v) is 6.63. The molecule has 0 amide bonds. The van der Waals surface area contributed by atoms with E-state index >= 15 is 0 Å². The third-order valence-electron chi connectivity index (χ3n) is 3.35. The molecule has 1 saturated heterocycles. The second kappa shape index (κ2) is 5.40. The Labute approximate surface area is 119 Å². The molecular formula is C14H14F3N3O. The van der Waals surface area contributed by atoms with Gasteiger partial charge in [-0.1, -0.05) is 6.07 Å². The fourth-order valence-electron chi connectivity index (χ4n) is 2.49. The van der Waals surface area contributed by atoms with E-state index < -0.39 is 6.36 Å². The molecule has 0 saturated carbocycles. The number of fused-ring (bicyclic) bond motifs is 1. The molecule has 1 N–H and O–H groups in total. The number of benzene rings is 1. The van der Waals surface area contributed by atoms with Crippen molar-refractivity contribution in [1.29, 1.82) is 0 Å². The van der Waals surface area contributed by atoms with Crippen molar-refractivity contribution in [3.8, 4) is 5.75 Å². The lowest BCUT2D eigenvalue weighted by atomic mass is 10.1. The van der Waals surface area contributed by atoms with Gasteiger partial charge in [0.2, 0.25) is 0 Å². The number of nitrogens with one attached hydrogen (secondary N) is 1. The Balaban J connectivity index is 2.06. The maximum Gasteiger partial charge on any atom is 0.573 e. The van der Waals surface area contributed by atoms with Crippen molar-refractivity contribution in [2.45, 2.75) is 6.36 Å². The van der Waals surface area contributed by atoms with E-state index in [1.807, 2.05) is 4.90 Å². The molecular weight excluding hydrogens is 283 g/mol. The third-order valence-corrected chi connectivity index (χ3v) is 3.35. The van der Waals surface area contributed by atoms with Crippen molar-refractivity contribution >= 4 is 16.6 Å². The van der Waals surface area contributed by atoms with Crippen LogP contribution < -0.4 is 15.0 Å². The van der Waals surface area contributed by atoms with Gasteiger partial charge < -0.3 is 15.0 Å². The summed E-state index contributed by atoms with van der Waals surface area (Å²) in [6, 6.07) is 6.20. The lowest BCUT2D eigenvalue weighted by Crippen LogP contribution is -2.43. The van der Waals surface area contributed by atoms with Gasteiger partial charge in [-0.3, -0.25) is 4.98 Å². The zero-order chi connectivity index (χ0) is 14.9. The molecule has 1 fully saturated rings. The van der Waals surface area contributed by atoms with E-state index in [0.29, 0.717) is 16.6 Å². The Kier molecular flexibility index (Phi) is 3.59. The molecule has 0 atom stereocenters. The summed E-state index contributed by atoms with van der Waals surface area (Å²) >= 11 is 0. The number of hydrogen-bond donors (Lipinski definition) is 1. The van der Waals surface area contributed by atoms with Crippen LogP contribution in [0.5, 0.6) is 5.75 Å². The predicted molar refractivity (Wildman–Crippen MR) is 73.5 cm³/mol. The Hall–Kier alpha value is -2.02. The summed E-state index contributed by atoms with van der Waals surface area (Å²) < 4.78 is 41.4. The van der Waals surface area contributed by atoms with Crippen LogP contribution in [-0.4, -0.2) is 37.5 Å². The summed E-state index contributed by atoms with van der Waals surface area (Å²) in [6.07, 6.45) is -3.06. The number of anilines is 1. The number of piperazine rings is 1. The Morgan fingerprint density at radius 2 is 1.95 bits per heavy atom. The van der Waals surface area contributed by atoms with Gasteiger partial charge >= 0.3 is 6.36 Å². The minimum atomic E-state index is -4.70. The van der Waals surface area contributed by atoms with Gasteiger partial charge in [-0.2, -0.15) is 0 Å². The fraction of sp³-hybridized carbons (Fsp3) is 0.357. The smallest absolute Gasteiger partial charge is 0.406 e. The third kappa shape index (κ3) is 3.18. The monoisotopic (exact) mass is 297 g/mol. The van der Waals surface area contributed by atoms with Crippen molar-refractivity contribution < 1.29 is 17.9 Å². The van der Waals surface area contributed by atoms with Gasteiger partial charge in [-0.15, -0.1) is 13.2 Å². The first kappa shape index (κ1) is 13.9. The van der Waals surface area contributed by atoms with Crippen LogP contribution in [-0.2, 0) is 0 Å². The largest absolute Gasteiger partial charge is 0.573 e. The lowest BCUT2D eigenvalue weighted by molar-refractivity contribution is -0.274. The summed E-state index contributed by atoms with van der Waals surface area (Å²) in [5.74, 6) is -0.212. The molecule has 2 aromatic rings. The van der Waals surface area contributed by atoms with Crippen molar-refractivity contribution in [2.24, 2.45) is 0 Å². The SMILES string of the molecule is FC(F)(F)Oc1cc(N2CCNCC2)c2ncccc2c1. The molecule has 2 heterocycles. The topological polar surface area (TPSA) is 37.4 Å². The Morgan fingerprint density at radius 3 is 2.67 bits per heavy atom. The highest BCUT2D eigenvalue weighted by molar-refractivity contribution is 5.92. The van der Waals surface area contributed by atoms with E-state index in [2.05, 4.69) is 15.0 Å². The van der Waals surface area contributed by atoms with Crippen molar-refractivity contribution in [3.63, 3.8) is 0 Å². The number of rotatable bonds is 2. The molecule has 3 rings (SSSR count). The maximum absolute atomic E-state index is 12.5. The van der Waals surface area contributed by atoms with Gasteiger partial charge in [0, 0.05) is 43.8 Å². The van der Waals surface area contributed by atoms with Crippen LogP contribution >= 0.6 is 0 Å². The first-order valence-electron chi connectivity index (χ1n) is 6.63. The summed E-state index contributed by atoms with van der Waals surface area (Å²) in [7, 11) is 0. The predicted octanol–water partition coefficient (Wildman–Crippen LogP) is 2.54.